The lowest BCUT2D eigenvalue weighted by Crippen LogP contribution is -2.07. The van der Waals surface area contributed by atoms with Crippen LogP contribution in [0.5, 0.6) is 5.75 Å². The van der Waals surface area contributed by atoms with Gasteiger partial charge in [0.25, 0.3) is 0 Å². The van der Waals surface area contributed by atoms with Crippen molar-refractivity contribution in [3.05, 3.63) is 63.0 Å². The van der Waals surface area contributed by atoms with Crippen LogP contribution in [0.3, 0.4) is 0 Å². The molecule has 0 fully saturated rings. The summed E-state index contributed by atoms with van der Waals surface area (Å²) in [5.41, 5.74) is 1.03. The maximum atomic E-state index is 14.0. The van der Waals surface area contributed by atoms with Gasteiger partial charge in [0.2, 0.25) is 0 Å². The number of halogens is 3. The van der Waals surface area contributed by atoms with Crippen molar-refractivity contribution in [1.82, 2.24) is 15.4 Å². The van der Waals surface area contributed by atoms with E-state index in [2.05, 4.69) is 31.3 Å². The van der Waals surface area contributed by atoms with Crippen molar-refractivity contribution in [2.45, 2.75) is 13.5 Å². The molecule has 0 aliphatic heterocycles. The number of rotatable bonds is 6. The molecule has 0 saturated carbocycles. The molecule has 140 valence electrons. The van der Waals surface area contributed by atoms with Crippen LogP contribution in [0.2, 0.25) is 5.02 Å². The number of carbonyl (C=O) groups is 1. The highest BCUT2D eigenvalue weighted by molar-refractivity contribution is 9.10. The number of aromatic nitrogens is 3. The molecule has 1 heterocycles. The molecule has 0 bridgehead atoms. The Morgan fingerprint density at radius 1 is 1.30 bits per heavy atom. The number of nitrogens with zero attached hydrogens (tertiary/aromatic N) is 2. The number of esters is 1. The zero-order valence-electron chi connectivity index (χ0n) is 14.1. The van der Waals surface area contributed by atoms with Crippen molar-refractivity contribution in [2.75, 3.05) is 6.61 Å². The highest BCUT2D eigenvalue weighted by Crippen LogP contribution is 2.34. The van der Waals surface area contributed by atoms with Gasteiger partial charge in [-0.15, -0.1) is 5.10 Å². The molecule has 0 saturated heterocycles. The predicted molar refractivity (Wildman–Crippen MR) is 101 cm³/mol. The number of carbonyl (C=O) groups excluding carboxylic acids is 1. The molecule has 0 aliphatic rings. The first-order valence-corrected chi connectivity index (χ1v) is 9.11. The molecule has 2 aromatic carbocycles. The normalized spacial score (nSPS) is 10.7. The van der Waals surface area contributed by atoms with E-state index in [-0.39, 0.29) is 35.2 Å². The first-order chi connectivity index (χ1) is 13.0. The molecular weight excluding hydrogens is 441 g/mol. The number of nitrogens with one attached hydrogen (secondary N) is 1. The van der Waals surface area contributed by atoms with Crippen LogP contribution in [0.15, 0.2) is 40.9 Å². The van der Waals surface area contributed by atoms with Crippen LogP contribution in [0.4, 0.5) is 4.39 Å². The molecule has 0 atom stereocenters. The monoisotopic (exact) mass is 453 g/mol. The second kappa shape index (κ2) is 8.49. The van der Waals surface area contributed by atoms with Gasteiger partial charge in [-0.25, -0.2) is 9.18 Å². The number of benzene rings is 2. The molecule has 27 heavy (non-hydrogen) atoms. The van der Waals surface area contributed by atoms with Crippen LogP contribution >= 0.6 is 27.5 Å². The quantitative estimate of drug-likeness (QED) is 0.542. The fraction of sp³-hybridized carbons (Fsp3) is 0.167. The largest absolute Gasteiger partial charge is 0.488 e. The smallest absolute Gasteiger partial charge is 0.361 e. The van der Waals surface area contributed by atoms with Crippen LogP contribution < -0.4 is 4.74 Å². The van der Waals surface area contributed by atoms with Gasteiger partial charge in [-0.05, 0) is 37.3 Å². The van der Waals surface area contributed by atoms with Crippen molar-refractivity contribution in [2.24, 2.45) is 0 Å². The highest BCUT2D eigenvalue weighted by atomic mass is 79.9. The maximum absolute atomic E-state index is 14.0. The van der Waals surface area contributed by atoms with Gasteiger partial charge in [-0.2, -0.15) is 10.3 Å². The van der Waals surface area contributed by atoms with Gasteiger partial charge in [0.1, 0.15) is 23.9 Å². The fourth-order valence-electron chi connectivity index (χ4n) is 2.39. The summed E-state index contributed by atoms with van der Waals surface area (Å²) in [5, 5.41) is 10.6. The third kappa shape index (κ3) is 4.28. The van der Waals surface area contributed by atoms with Crippen LogP contribution in [0.25, 0.3) is 11.3 Å². The van der Waals surface area contributed by atoms with Crippen molar-refractivity contribution in [1.29, 1.82) is 0 Å². The molecule has 0 aliphatic carbocycles. The van der Waals surface area contributed by atoms with Gasteiger partial charge in [0, 0.05) is 15.6 Å². The van der Waals surface area contributed by atoms with E-state index in [0.717, 1.165) is 4.47 Å². The third-order valence-electron chi connectivity index (χ3n) is 3.65. The number of H-pyrrole nitrogens is 1. The molecule has 3 aromatic rings. The Hall–Kier alpha value is -2.45. The molecule has 6 nitrogen and oxygen atoms in total. The van der Waals surface area contributed by atoms with Crippen LogP contribution in [0, 0.1) is 5.82 Å². The SMILES string of the molecule is CCOC(=O)c1n[nH]nc1-c1cc(Br)ccc1OCc1c(F)cccc1Cl. The van der Waals surface area contributed by atoms with E-state index in [1.54, 1.807) is 31.2 Å². The predicted octanol–water partition coefficient (Wildman–Crippen LogP) is 4.78. The Labute approximate surface area is 167 Å². The average molecular weight is 455 g/mol. The van der Waals surface area contributed by atoms with E-state index in [4.69, 9.17) is 21.1 Å². The van der Waals surface area contributed by atoms with E-state index in [9.17, 15) is 9.18 Å². The third-order valence-corrected chi connectivity index (χ3v) is 4.49. The zero-order chi connectivity index (χ0) is 19.4. The van der Waals surface area contributed by atoms with Crippen molar-refractivity contribution in [3.63, 3.8) is 0 Å². The van der Waals surface area contributed by atoms with Crippen LogP contribution in [-0.4, -0.2) is 28.0 Å². The summed E-state index contributed by atoms with van der Waals surface area (Å²) < 4.78 is 25.5. The highest BCUT2D eigenvalue weighted by Gasteiger charge is 2.22. The Morgan fingerprint density at radius 2 is 2.11 bits per heavy atom. The standard InChI is InChI=1S/C18H14BrClFN3O3/c1-2-26-18(25)17-16(22-24-23-17)11-8-10(19)6-7-15(11)27-9-12-13(20)4-3-5-14(12)21/h3-8H,2,9H2,1H3,(H,22,23,24). The maximum Gasteiger partial charge on any atom is 0.361 e. The summed E-state index contributed by atoms with van der Waals surface area (Å²) >= 11 is 9.43. The molecule has 1 N–H and O–H groups in total. The van der Waals surface area contributed by atoms with E-state index in [1.807, 2.05) is 0 Å². The van der Waals surface area contributed by atoms with E-state index >= 15 is 0 Å². The summed E-state index contributed by atoms with van der Waals surface area (Å²) in [6.07, 6.45) is 0. The van der Waals surface area contributed by atoms with Crippen LogP contribution in [-0.2, 0) is 11.3 Å². The van der Waals surface area contributed by atoms with E-state index < -0.39 is 11.8 Å². The van der Waals surface area contributed by atoms with Gasteiger partial charge in [-0.3, -0.25) is 0 Å². The molecule has 0 amide bonds. The van der Waals surface area contributed by atoms with Gasteiger partial charge in [0.15, 0.2) is 5.69 Å². The van der Waals surface area contributed by atoms with Crippen molar-refractivity contribution < 1.29 is 18.7 Å². The van der Waals surface area contributed by atoms with Gasteiger partial charge in [-0.1, -0.05) is 33.6 Å². The van der Waals surface area contributed by atoms with E-state index in [1.165, 1.54) is 12.1 Å². The number of hydrogen-bond acceptors (Lipinski definition) is 5. The summed E-state index contributed by atoms with van der Waals surface area (Å²) in [6, 6.07) is 9.57. The Morgan fingerprint density at radius 3 is 2.85 bits per heavy atom. The molecule has 0 spiro atoms. The minimum atomic E-state index is -0.607. The molecule has 0 radical (unpaired) electrons. The number of hydrogen-bond donors (Lipinski definition) is 1. The minimum Gasteiger partial charge on any atom is -0.488 e. The zero-order valence-corrected chi connectivity index (χ0v) is 16.5. The number of aromatic amines is 1. The Balaban J connectivity index is 1.95. The van der Waals surface area contributed by atoms with Gasteiger partial charge in [0.05, 0.1) is 11.6 Å². The lowest BCUT2D eigenvalue weighted by atomic mass is 10.1. The molecule has 9 heteroatoms. The van der Waals surface area contributed by atoms with E-state index in [0.29, 0.717) is 11.3 Å². The van der Waals surface area contributed by atoms with Crippen molar-refractivity contribution in [3.8, 4) is 17.0 Å². The molecule has 1 aromatic heterocycles. The van der Waals surface area contributed by atoms with Crippen molar-refractivity contribution >= 4 is 33.5 Å². The number of ether oxygens (including phenoxy) is 2. The molecule has 3 rings (SSSR count). The summed E-state index contributed by atoms with van der Waals surface area (Å²) in [7, 11) is 0. The fourth-order valence-corrected chi connectivity index (χ4v) is 2.97. The second-order valence-corrected chi connectivity index (χ2v) is 6.69. The topological polar surface area (TPSA) is 77.1 Å². The Bertz CT molecular complexity index is 960. The Kier molecular flexibility index (Phi) is 6.08. The molecular formula is C18H14BrClFN3O3. The lowest BCUT2D eigenvalue weighted by molar-refractivity contribution is 0.0520. The van der Waals surface area contributed by atoms with Gasteiger partial charge < -0.3 is 9.47 Å². The summed E-state index contributed by atoms with van der Waals surface area (Å²) in [6.45, 7) is 1.81. The first kappa shape index (κ1) is 19.3. The summed E-state index contributed by atoms with van der Waals surface area (Å²) in [5.74, 6) is -0.684. The average Bonchev–Trinajstić information content (AvgIpc) is 3.12. The van der Waals surface area contributed by atoms with Crippen LogP contribution in [0.1, 0.15) is 23.0 Å². The lowest BCUT2D eigenvalue weighted by Gasteiger charge is -2.12. The molecule has 0 unspecified atom stereocenters. The minimum absolute atomic E-state index is 0.0312. The van der Waals surface area contributed by atoms with Gasteiger partial charge >= 0.3 is 5.97 Å². The summed E-state index contributed by atoms with van der Waals surface area (Å²) in [4.78, 5) is 12.1. The first-order valence-electron chi connectivity index (χ1n) is 7.94. The second-order valence-electron chi connectivity index (χ2n) is 5.37.